The number of hydrogen-bond donors (Lipinski definition) is 2. The molecule has 0 aromatic heterocycles. The van der Waals surface area contributed by atoms with Gasteiger partial charge < -0.3 is 10.2 Å². The summed E-state index contributed by atoms with van der Waals surface area (Å²) in [6, 6.07) is 0. The van der Waals surface area contributed by atoms with Gasteiger partial charge >= 0.3 is 0 Å². The van der Waals surface area contributed by atoms with Crippen molar-refractivity contribution in [3.63, 3.8) is 0 Å². The Morgan fingerprint density at radius 1 is 1.08 bits per heavy atom. The van der Waals surface area contributed by atoms with Gasteiger partial charge in [-0.15, -0.1) is 0 Å². The van der Waals surface area contributed by atoms with Crippen molar-refractivity contribution in [2.45, 2.75) is 52.1 Å². The standard InChI is InChI=1S/C10H22O2/c1-3-5-7-10(12)9(8-11)6-4-2/h9-12H,3-8H2,1-2H3. The summed E-state index contributed by atoms with van der Waals surface area (Å²) in [5.74, 6) is 0.0987. The second kappa shape index (κ2) is 7.56. The Hall–Kier alpha value is -0.0800. The maximum absolute atomic E-state index is 9.61. The zero-order chi connectivity index (χ0) is 9.40. The van der Waals surface area contributed by atoms with Crippen LogP contribution < -0.4 is 0 Å². The molecule has 0 fully saturated rings. The van der Waals surface area contributed by atoms with Gasteiger partial charge in [0.25, 0.3) is 0 Å². The number of aliphatic hydroxyl groups excluding tert-OH is 2. The van der Waals surface area contributed by atoms with Crippen LogP contribution in [0.2, 0.25) is 0 Å². The molecule has 2 unspecified atom stereocenters. The summed E-state index contributed by atoms with van der Waals surface area (Å²) in [6.45, 7) is 4.31. The van der Waals surface area contributed by atoms with Crippen LogP contribution in [0.5, 0.6) is 0 Å². The van der Waals surface area contributed by atoms with Crippen molar-refractivity contribution in [1.82, 2.24) is 0 Å². The van der Waals surface area contributed by atoms with E-state index in [1.54, 1.807) is 0 Å². The van der Waals surface area contributed by atoms with Gasteiger partial charge in [-0.25, -0.2) is 0 Å². The molecule has 2 nitrogen and oxygen atoms in total. The summed E-state index contributed by atoms with van der Waals surface area (Å²) in [7, 11) is 0. The molecular formula is C10H22O2. The van der Waals surface area contributed by atoms with Crippen molar-refractivity contribution in [3.8, 4) is 0 Å². The van der Waals surface area contributed by atoms with Gasteiger partial charge in [0.15, 0.2) is 0 Å². The van der Waals surface area contributed by atoms with E-state index in [-0.39, 0.29) is 18.6 Å². The van der Waals surface area contributed by atoms with Crippen LogP contribution in [0.25, 0.3) is 0 Å². The number of hydrogen-bond acceptors (Lipinski definition) is 2. The lowest BCUT2D eigenvalue weighted by Crippen LogP contribution is -2.23. The molecule has 0 bridgehead atoms. The zero-order valence-corrected chi connectivity index (χ0v) is 8.29. The summed E-state index contributed by atoms with van der Waals surface area (Å²) in [4.78, 5) is 0. The topological polar surface area (TPSA) is 40.5 Å². The van der Waals surface area contributed by atoms with Gasteiger partial charge in [0.2, 0.25) is 0 Å². The number of aliphatic hydroxyl groups is 2. The van der Waals surface area contributed by atoms with Crippen LogP contribution in [-0.4, -0.2) is 22.9 Å². The normalized spacial score (nSPS) is 16.0. The molecule has 0 aliphatic heterocycles. The first-order chi connectivity index (χ1) is 5.76. The Bertz CT molecular complexity index is 93.8. The largest absolute Gasteiger partial charge is 0.396 e. The first-order valence-corrected chi connectivity index (χ1v) is 5.05. The van der Waals surface area contributed by atoms with Crippen molar-refractivity contribution >= 4 is 0 Å². The van der Waals surface area contributed by atoms with Crippen molar-refractivity contribution in [1.29, 1.82) is 0 Å². The van der Waals surface area contributed by atoms with E-state index < -0.39 is 0 Å². The fraction of sp³-hybridized carbons (Fsp3) is 1.00. The quantitative estimate of drug-likeness (QED) is 0.619. The van der Waals surface area contributed by atoms with E-state index in [1.807, 2.05) is 0 Å². The highest BCUT2D eigenvalue weighted by Gasteiger charge is 2.16. The molecule has 0 aliphatic rings. The molecule has 0 saturated carbocycles. The first kappa shape index (κ1) is 11.9. The highest BCUT2D eigenvalue weighted by atomic mass is 16.3. The van der Waals surface area contributed by atoms with Crippen molar-refractivity contribution in [2.75, 3.05) is 6.61 Å². The van der Waals surface area contributed by atoms with Gasteiger partial charge in [0.05, 0.1) is 6.10 Å². The highest BCUT2D eigenvalue weighted by molar-refractivity contribution is 4.67. The van der Waals surface area contributed by atoms with Crippen LogP contribution in [-0.2, 0) is 0 Å². The molecule has 2 heteroatoms. The molecule has 0 spiro atoms. The second-order valence-corrected chi connectivity index (χ2v) is 3.44. The van der Waals surface area contributed by atoms with Crippen molar-refractivity contribution < 1.29 is 10.2 Å². The van der Waals surface area contributed by atoms with E-state index in [0.717, 1.165) is 32.1 Å². The van der Waals surface area contributed by atoms with Crippen LogP contribution in [0, 0.1) is 5.92 Å². The maximum Gasteiger partial charge on any atom is 0.0590 e. The van der Waals surface area contributed by atoms with E-state index >= 15 is 0 Å². The fourth-order valence-corrected chi connectivity index (χ4v) is 1.43. The van der Waals surface area contributed by atoms with Gasteiger partial charge in [0, 0.05) is 12.5 Å². The summed E-state index contributed by atoms with van der Waals surface area (Å²) < 4.78 is 0. The molecule has 0 radical (unpaired) electrons. The molecule has 0 aromatic carbocycles. The second-order valence-electron chi connectivity index (χ2n) is 3.44. The van der Waals surface area contributed by atoms with Crippen molar-refractivity contribution in [3.05, 3.63) is 0 Å². The Morgan fingerprint density at radius 3 is 2.17 bits per heavy atom. The lowest BCUT2D eigenvalue weighted by atomic mass is 9.94. The molecule has 2 N–H and O–H groups in total. The number of rotatable bonds is 7. The Morgan fingerprint density at radius 2 is 1.75 bits per heavy atom. The average molecular weight is 174 g/mol. The number of unbranched alkanes of at least 4 members (excludes halogenated alkanes) is 1. The minimum Gasteiger partial charge on any atom is -0.396 e. The Labute approximate surface area is 75.6 Å². The van der Waals surface area contributed by atoms with E-state index in [2.05, 4.69) is 13.8 Å². The van der Waals surface area contributed by atoms with Crippen LogP contribution >= 0.6 is 0 Å². The minimum absolute atomic E-state index is 0.0987. The summed E-state index contributed by atoms with van der Waals surface area (Å²) in [5.41, 5.74) is 0. The van der Waals surface area contributed by atoms with Gasteiger partial charge in [0.1, 0.15) is 0 Å². The molecule has 0 aromatic rings. The molecule has 0 aliphatic carbocycles. The lowest BCUT2D eigenvalue weighted by Gasteiger charge is -2.19. The molecule has 0 heterocycles. The van der Waals surface area contributed by atoms with E-state index in [0.29, 0.717) is 0 Å². The molecule has 2 atom stereocenters. The highest BCUT2D eigenvalue weighted by Crippen LogP contribution is 2.15. The predicted molar refractivity (Wildman–Crippen MR) is 51.0 cm³/mol. The summed E-state index contributed by atoms with van der Waals surface area (Å²) >= 11 is 0. The first-order valence-electron chi connectivity index (χ1n) is 5.05. The van der Waals surface area contributed by atoms with Crippen molar-refractivity contribution in [2.24, 2.45) is 5.92 Å². The van der Waals surface area contributed by atoms with Crippen LogP contribution in [0.1, 0.15) is 46.0 Å². The fourth-order valence-electron chi connectivity index (χ4n) is 1.43. The molecule has 74 valence electrons. The third kappa shape index (κ3) is 4.73. The Kier molecular flexibility index (Phi) is 7.51. The van der Waals surface area contributed by atoms with E-state index in [1.165, 1.54) is 0 Å². The molecule has 0 saturated heterocycles. The van der Waals surface area contributed by atoms with Crippen LogP contribution in [0.3, 0.4) is 0 Å². The van der Waals surface area contributed by atoms with Crippen LogP contribution in [0.4, 0.5) is 0 Å². The van der Waals surface area contributed by atoms with E-state index in [9.17, 15) is 5.11 Å². The van der Waals surface area contributed by atoms with Gasteiger partial charge in [-0.3, -0.25) is 0 Å². The lowest BCUT2D eigenvalue weighted by molar-refractivity contribution is 0.0543. The summed E-state index contributed by atoms with van der Waals surface area (Å²) in [5, 5.41) is 18.6. The summed E-state index contributed by atoms with van der Waals surface area (Å²) in [6.07, 6.45) is 4.68. The predicted octanol–water partition coefficient (Wildman–Crippen LogP) is 1.95. The zero-order valence-electron chi connectivity index (χ0n) is 8.29. The third-order valence-electron chi connectivity index (χ3n) is 2.29. The molecule has 0 rings (SSSR count). The van der Waals surface area contributed by atoms with E-state index in [4.69, 9.17) is 5.11 Å². The Balaban J connectivity index is 3.60. The molecule has 12 heavy (non-hydrogen) atoms. The van der Waals surface area contributed by atoms with Gasteiger partial charge in [-0.1, -0.05) is 33.1 Å². The third-order valence-corrected chi connectivity index (χ3v) is 2.29. The molecule has 0 amide bonds. The van der Waals surface area contributed by atoms with Gasteiger partial charge in [-0.2, -0.15) is 0 Å². The monoisotopic (exact) mass is 174 g/mol. The maximum atomic E-state index is 9.61. The van der Waals surface area contributed by atoms with Crippen LogP contribution in [0.15, 0.2) is 0 Å². The molecular weight excluding hydrogens is 152 g/mol. The van der Waals surface area contributed by atoms with Gasteiger partial charge in [-0.05, 0) is 12.8 Å². The SMILES string of the molecule is CCCCC(O)C(CO)CCC. The smallest absolute Gasteiger partial charge is 0.0590 e. The minimum atomic E-state index is -0.296. The average Bonchev–Trinajstić information content (AvgIpc) is 2.10.